The van der Waals surface area contributed by atoms with Gasteiger partial charge in [-0.3, -0.25) is 4.90 Å². The first-order valence-electron chi connectivity index (χ1n) is 7.82. The third-order valence-electron chi connectivity index (χ3n) is 4.29. The lowest BCUT2D eigenvalue weighted by atomic mass is 9.84. The number of nitrogens with zero attached hydrogens (tertiary/aromatic N) is 1. The molecule has 1 saturated heterocycles. The number of benzene rings is 1. The first kappa shape index (κ1) is 16.0. The molecule has 0 radical (unpaired) electrons. The molecule has 2 rings (SSSR count). The maximum Gasteiger partial charge on any atom is 0.0211 e. The minimum atomic E-state index is 0.435. The van der Waals surface area contributed by atoms with Crippen LogP contribution in [0, 0.1) is 5.92 Å². The number of hydrogen-bond acceptors (Lipinski definition) is 2. The van der Waals surface area contributed by atoms with Crippen LogP contribution >= 0.6 is 15.9 Å². The van der Waals surface area contributed by atoms with Gasteiger partial charge in [-0.25, -0.2) is 0 Å². The van der Waals surface area contributed by atoms with Crippen LogP contribution in [0.25, 0.3) is 0 Å². The van der Waals surface area contributed by atoms with Crippen molar-refractivity contribution in [2.24, 2.45) is 11.7 Å². The van der Waals surface area contributed by atoms with Gasteiger partial charge in [0.2, 0.25) is 0 Å². The van der Waals surface area contributed by atoms with E-state index >= 15 is 0 Å². The van der Waals surface area contributed by atoms with Crippen LogP contribution in [0.15, 0.2) is 28.7 Å². The highest BCUT2D eigenvalue weighted by atomic mass is 79.9. The maximum absolute atomic E-state index is 6.15. The molecule has 1 aromatic carbocycles. The van der Waals surface area contributed by atoms with Gasteiger partial charge < -0.3 is 5.73 Å². The Morgan fingerprint density at radius 1 is 1.30 bits per heavy atom. The van der Waals surface area contributed by atoms with E-state index in [1.807, 2.05) is 0 Å². The second-order valence-corrected chi connectivity index (χ2v) is 7.17. The molecule has 3 heteroatoms. The van der Waals surface area contributed by atoms with Crippen LogP contribution in [0.4, 0.5) is 0 Å². The molecule has 0 amide bonds. The molecule has 0 bridgehead atoms. The molecule has 1 heterocycles. The normalized spacial score (nSPS) is 22.1. The minimum Gasteiger partial charge on any atom is -0.330 e. The fourth-order valence-corrected chi connectivity index (χ4v) is 4.01. The van der Waals surface area contributed by atoms with Crippen LogP contribution < -0.4 is 5.73 Å². The van der Waals surface area contributed by atoms with Crippen molar-refractivity contribution in [3.63, 3.8) is 0 Å². The standard InChI is InChI=1S/C17H27BrN2/c1-13(2)12-20-10-6-5-9-17(20)15(11-19)14-7-3-4-8-16(14)18/h3-4,7-8,13,15,17H,5-6,9-12,19H2,1-2H3. The zero-order valence-electron chi connectivity index (χ0n) is 12.7. The van der Waals surface area contributed by atoms with Gasteiger partial charge >= 0.3 is 0 Å². The van der Waals surface area contributed by atoms with Crippen LogP contribution in [0.3, 0.4) is 0 Å². The summed E-state index contributed by atoms with van der Waals surface area (Å²) in [6, 6.07) is 9.15. The SMILES string of the molecule is CC(C)CN1CCCCC1C(CN)c1ccccc1Br. The van der Waals surface area contributed by atoms with Crippen molar-refractivity contribution >= 4 is 15.9 Å². The molecule has 1 aliphatic heterocycles. The zero-order chi connectivity index (χ0) is 14.5. The molecule has 1 aromatic rings. The molecule has 2 nitrogen and oxygen atoms in total. The van der Waals surface area contributed by atoms with Gasteiger partial charge in [-0.05, 0) is 36.9 Å². The van der Waals surface area contributed by atoms with Crippen molar-refractivity contribution in [1.29, 1.82) is 0 Å². The Bertz CT molecular complexity index is 419. The summed E-state index contributed by atoms with van der Waals surface area (Å²) >= 11 is 3.70. The van der Waals surface area contributed by atoms with E-state index in [2.05, 4.69) is 58.9 Å². The fourth-order valence-electron chi connectivity index (χ4n) is 3.44. The van der Waals surface area contributed by atoms with Crippen molar-refractivity contribution in [3.8, 4) is 0 Å². The lowest BCUT2D eigenvalue weighted by Gasteiger charge is -2.41. The average Bonchev–Trinajstić information content (AvgIpc) is 2.43. The molecule has 1 aliphatic rings. The highest BCUT2D eigenvalue weighted by Gasteiger charge is 2.31. The summed E-state index contributed by atoms with van der Waals surface area (Å²) in [4.78, 5) is 2.67. The molecule has 0 saturated carbocycles. The lowest BCUT2D eigenvalue weighted by Crippen LogP contribution is -2.46. The van der Waals surface area contributed by atoms with Crippen LogP contribution in [-0.2, 0) is 0 Å². The average molecular weight is 339 g/mol. The second-order valence-electron chi connectivity index (χ2n) is 6.32. The highest BCUT2D eigenvalue weighted by molar-refractivity contribution is 9.10. The monoisotopic (exact) mass is 338 g/mol. The molecule has 0 aromatic heterocycles. The van der Waals surface area contributed by atoms with E-state index in [-0.39, 0.29) is 0 Å². The summed E-state index contributed by atoms with van der Waals surface area (Å²) in [5.41, 5.74) is 7.52. The fraction of sp³-hybridized carbons (Fsp3) is 0.647. The van der Waals surface area contributed by atoms with Crippen molar-refractivity contribution in [2.75, 3.05) is 19.6 Å². The Morgan fingerprint density at radius 3 is 2.70 bits per heavy atom. The molecule has 20 heavy (non-hydrogen) atoms. The number of rotatable bonds is 5. The van der Waals surface area contributed by atoms with E-state index < -0.39 is 0 Å². The molecule has 2 N–H and O–H groups in total. The van der Waals surface area contributed by atoms with E-state index in [4.69, 9.17) is 5.73 Å². The van der Waals surface area contributed by atoms with Crippen molar-refractivity contribution in [2.45, 2.75) is 45.1 Å². The van der Waals surface area contributed by atoms with Gasteiger partial charge in [0.15, 0.2) is 0 Å². The lowest BCUT2D eigenvalue weighted by molar-refractivity contribution is 0.112. The second kappa shape index (κ2) is 7.58. The molecular formula is C17H27BrN2. The highest BCUT2D eigenvalue weighted by Crippen LogP contribution is 2.33. The Morgan fingerprint density at radius 2 is 2.05 bits per heavy atom. The summed E-state index contributed by atoms with van der Waals surface area (Å²) < 4.78 is 1.20. The van der Waals surface area contributed by atoms with Gasteiger partial charge in [0, 0.05) is 29.5 Å². The quantitative estimate of drug-likeness (QED) is 0.878. The molecule has 2 unspecified atom stereocenters. The van der Waals surface area contributed by atoms with Gasteiger partial charge in [0.05, 0.1) is 0 Å². The smallest absolute Gasteiger partial charge is 0.0211 e. The molecule has 1 fully saturated rings. The first-order valence-corrected chi connectivity index (χ1v) is 8.61. The number of halogens is 1. The summed E-state index contributed by atoms with van der Waals surface area (Å²) in [6.07, 6.45) is 3.94. The Balaban J connectivity index is 2.22. The zero-order valence-corrected chi connectivity index (χ0v) is 14.3. The molecule has 2 atom stereocenters. The summed E-state index contributed by atoms with van der Waals surface area (Å²) in [5.74, 6) is 1.15. The summed E-state index contributed by atoms with van der Waals surface area (Å²) in [6.45, 7) is 7.75. The van der Waals surface area contributed by atoms with E-state index in [1.165, 1.54) is 42.4 Å². The molecular weight excluding hydrogens is 312 g/mol. The van der Waals surface area contributed by atoms with Crippen LogP contribution in [0.5, 0.6) is 0 Å². The molecule has 112 valence electrons. The largest absolute Gasteiger partial charge is 0.330 e. The van der Waals surface area contributed by atoms with Crippen molar-refractivity contribution < 1.29 is 0 Å². The van der Waals surface area contributed by atoms with Gasteiger partial charge in [0.1, 0.15) is 0 Å². The van der Waals surface area contributed by atoms with Crippen molar-refractivity contribution in [3.05, 3.63) is 34.3 Å². The number of piperidine rings is 1. The van der Waals surface area contributed by atoms with E-state index in [1.54, 1.807) is 0 Å². The van der Waals surface area contributed by atoms with E-state index in [0.29, 0.717) is 17.9 Å². The predicted molar refractivity (Wildman–Crippen MR) is 90.0 cm³/mol. The number of likely N-dealkylation sites (tertiary alicyclic amines) is 1. The number of nitrogens with two attached hydrogens (primary N) is 1. The predicted octanol–water partition coefficient (Wildman–Crippen LogP) is 4.00. The maximum atomic E-state index is 6.15. The Labute approximate surface area is 131 Å². The van der Waals surface area contributed by atoms with Gasteiger partial charge in [-0.1, -0.05) is 54.4 Å². The molecule has 0 spiro atoms. The van der Waals surface area contributed by atoms with E-state index in [9.17, 15) is 0 Å². The van der Waals surface area contributed by atoms with Crippen LogP contribution in [0.1, 0.15) is 44.6 Å². The van der Waals surface area contributed by atoms with E-state index in [0.717, 1.165) is 6.54 Å². The van der Waals surface area contributed by atoms with Gasteiger partial charge in [-0.15, -0.1) is 0 Å². The third kappa shape index (κ3) is 3.84. The first-order chi connectivity index (χ1) is 9.63. The topological polar surface area (TPSA) is 29.3 Å². The Hall–Kier alpha value is -0.380. The third-order valence-corrected chi connectivity index (χ3v) is 5.01. The van der Waals surface area contributed by atoms with Gasteiger partial charge in [-0.2, -0.15) is 0 Å². The Kier molecular flexibility index (Phi) is 6.06. The van der Waals surface area contributed by atoms with Crippen LogP contribution in [0.2, 0.25) is 0 Å². The summed E-state index contributed by atoms with van der Waals surface area (Å²) in [7, 11) is 0. The summed E-state index contributed by atoms with van der Waals surface area (Å²) in [5, 5.41) is 0. The molecule has 0 aliphatic carbocycles. The number of hydrogen-bond donors (Lipinski definition) is 1. The van der Waals surface area contributed by atoms with Crippen LogP contribution in [-0.4, -0.2) is 30.6 Å². The minimum absolute atomic E-state index is 0.435. The van der Waals surface area contributed by atoms with Crippen molar-refractivity contribution in [1.82, 2.24) is 4.90 Å². The van der Waals surface area contributed by atoms with Gasteiger partial charge in [0.25, 0.3) is 0 Å².